The summed E-state index contributed by atoms with van der Waals surface area (Å²) in [4.78, 5) is 12.7. The number of halogens is 2. The van der Waals surface area contributed by atoms with Gasteiger partial charge in [0.15, 0.2) is 5.78 Å². The van der Waals surface area contributed by atoms with Gasteiger partial charge in [-0.2, -0.15) is 0 Å². The molecule has 0 aliphatic heterocycles. The van der Waals surface area contributed by atoms with Crippen LogP contribution >= 0.6 is 23.2 Å². The van der Waals surface area contributed by atoms with Gasteiger partial charge in [-0.3, -0.25) is 4.79 Å². The Hall–Kier alpha value is -0.570. The summed E-state index contributed by atoms with van der Waals surface area (Å²) in [5.74, 6) is 0.198. The Kier molecular flexibility index (Phi) is 5.88. The highest BCUT2D eigenvalue weighted by Gasteiger charge is 2.32. The second kappa shape index (κ2) is 6.68. The number of Topliss-reactive ketones (excluding diaryl/α,β-unsaturated/α-hetero) is 1. The fourth-order valence-corrected chi connectivity index (χ4v) is 2.48. The van der Waals surface area contributed by atoms with Crippen LogP contribution in [-0.4, -0.2) is 17.4 Å². The Morgan fingerprint density at radius 3 is 2.10 bits per heavy atom. The summed E-state index contributed by atoms with van der Waals surface area (Å²) >= 11 is 12.0. The Morgan fingerprint density at radius 2 is 1.67 bits per heavy atom. The van der Waals surface area contributed by atoms with Crippen LogP contribution in [0.3, 0.4) is 0 Å². The van der Waals surface area contributed by atoms with E-state index in [1.165, 1.54) is 0 Å². The van der Waals surface area contributed by atoms with Crippen molar-refractivity contribution in [2.24, 2.45) is 5.41 Å². The predicted molar refractivity (Wildman–Crippen MR) is 91.3 cm³/mol. The fourth-order valence-electron chi connectivity index (χ4n) is 2.16. The van der Waals surface area contributed by atoms with Crippen molar-refractivity contribution >= 4 is 29.0 Å². The van der Waals surface area contributed by atoms with Gasteiger partial charge in [0, 0.05) is 11.0 Å². The number of nitrogens with one attached hydrogen (secondary N) is 1. The van der Waals surface area contributed by atoms with E-state index < -0.39 is 0 Å². The van der Waals surface area contributed by atoms with Crippen LogP contribution < -0.4 is 5.32 Å². The number of ketones is 1. The van der Waals surface area contributed by atoms with Crippen LogP contribution in [0, 0.1) is 5.41 Å². The molecule has 0 radical (unpaired) electrons. The van der Waals surface area contributed by atoms with Crippen LogP contribution in [0.2, 0.25) is 10.0 Å². The number of hydrogen-bond donors (Lipinski definition) is 1. The number of benzene rings is 1. The van der Waals surface area contributed by atoms with Gasteiger partial charge >= 0.3 is 0 Å². The summed E-state index contributed by atoms with van der Waals surface area (Å²) < 4.78 is 0. The van der Waals surface area contributed by atoms with E-state index in [0.29, 0.717) is 16.5 Å². The van der Waals surface area contributed by atoms with Gasteiger partial charge in [0.2, 0.25) is 0 Å². The molecule has 0 aromatic heterocycles. The van der Waals surface area contributed by atoms with E-state index in [0.717, 1.165) is 5.56 Å². The third-order valence-corrected chi connectivity index (χ3v) is 3.83. The van der Waals surface area contributed by atoms with Gasteiger partial charge in [-0.05, 0) is 44.9 Å². The molecule has 0 bridgehead atoms. The van der Waals surface area contributed by atoms with Crippen LogP contribution in [0.15, 0.2) is 18.2 Å². The molecule has 0 heterocycles. The molecule has 1 aromatic carbocycles. The van der Waals surface area contributed by atoms with Crippen molar-refractivity contribution in [2.45, 2.75) is 59.5 Å². The fraction of sp³-hybridized carbons (Fsp3) is 0.588. The Labute approximate surface area is 138 Å². The third-order valence-electron chi connectivity index (χ3n) is 3.09. The van der Waals surface area contributed by atoms with E-state index in [1.807, 2.05) is 32.9 Å². The van der Waals surface area contributed by atoms with Gasteiger partial charge in [-0.1, -0.05) is 50.0 Å². The van der Waals surface area contributed by atoms with Crippen molar-refractivity contribution in [3.8, 4) is 0 Å². The van der Waals surface area contributed by atoms with Crippen molar-refractivity contribution in [3.05, 3.63) is 33.8 Å². The average molecular weight is 330 g/mol. The molecule has 0 saturated heterocycles. The molecule has 0 fully saturated rings. The minimum absolute atomic E-state index is 0.137. The molecule has 4 heteroatoms. The monoisotopic (exact) mass is 329 g/mol. The third kappa shape index (κ3) is 5.98. The maximum atomic E-state index is 12.7. The summed E-state index contributed by atoms with van der Waals surface area (Å²) in [6, 6.07) is 5.27. The molecular weight excluding hydrogens is 305 g/mol. The molecule has 1 atom stereocenters. The molecule has 0 amide bonds. The van der Waals surface area contributed by atoms with Crippen molar-refractivity contribution in [2.75, 3.05) is 0 Å². The molecule has 0 aliphatic rings. The highest BCUT2D eigenvalue weighted by Crippen LogP contribution is 2.25. The molecular formula is C17H25Cl2NO. The topological polar surface area (TPSA) is 29.1 Å². The van der Waals surface area contributed by atoms with E-state index in [1.54, 1.807) is 6.07 Å². The van der Waals surface area contributed by atoms with Crippen LogP contribution in [0.4, 0.5) is 0 Å². The number of carbonyl (C=O) groups is 1. The summed E-state index contributed by atoms with van der Waals surface area (Å²) in [5, 5.41) is 4.47. The van der Waals surface area contributed by atoms with Crippen molar-refractivity contribution in [3.63, 3.8) is 0 Å². The first kappa shape index (κ1) is 18.5. The Morgan fingerprint density at radius 1 is 1.10 bits per heavy atom. The van der Waals surface area contributed by atoms with E-state index in [-0.39, 0.29) is 22.8 Å². The molecule has 0 unspecified atom stereocenters. The molecule has 2 nitrogen and oxygen atoms in total. The van der Waals surface area contributed by atoms with Gasteiger partial charge in [-0.25, -0.2) is 0 Å². The lowest BCUT2D eigenvalue weighted by Gasteiger charge is -2.32. The molecule has 0 aliphatic carbocycles. The predicted octanol–water partition coefficient (Wildman–Crippen LogP) is 4.91. The van der Waals surface area contributed by atoms with Crippen molar-refractivity contribution < 1.29 is 4.79 Å². The van der Waals surface area contributed by atoms with E-state index in [2.05, 4.69) is 26.1 Å². The number of carbonyl (C=O) groups excluding carboxylic acids is 1. The van der Waals surface area contributed by atoms with E-state index >= 15 is 0 Å². The lowest BCUT2D eigenvalue weighted by atomic mass is 9.83. The molecule has 118 valence electrons. The first-order chi connectivity index (χ1) is 9.40. The van der Waals surface area contributed by atoms with E-state index in [4.69, 9.17) is 23.2 Å². The van der Waals surface area contributed by atoms with Crippen LogP contribution in [0.5, 0.6) is 0 Å². The first-order valence-electron chi connectivity index (χ1n) is 7.16. The molecule has 0 spiro atoms. The zero-order chi connectivity index (χ0) is 16.4. The van der Waals surface area contributed by atoms with Crippen LogP contribution in [-0.2, 0) is 11.2 Å². The summed E-state index contributed by atoms with van der Waals surface area (Å²) in [6.45, 7) is 12.0. The summed E-state index contributed by atoms with van der Waals surface area (Å²) in [5.41, 5.74) is 0.477. The highest BCUT2D eigenvalue weighted by molar-refractivity contribution is 6.42. The maximum Gasteiger partial charge on any atom is 0.155 e. The Balaban J connectivity index is 3.01. The van der Waals surface area contributed by atoms with Crippen LogP contribution in [0.25, 0.3) is 0 Å². The molecule has 0 saturated carbocycles. The SMILES string of the molecule is CC(C)(C)N[C@@H](Cc1ccc(Cl)c(Cl)c1)C(=O)C(C)(C)C. The molecule has 1 N–H and O–H groups in total. The molecule has 21 heavy (non-hydrogen) atoms. The van der Waals surface area contributed by atoms with Gasteiger partial charge in [0.1, 0.15) is 0 Å². The second-order valence-electron chi connectivity index (χ2n) is 7.51. The lowest BCUT2D eigenvalue weighted by molar-refractivity contribution is -0.128. The quantitative estimate of drug-likeness (QED) is 0.850. The largest absolute Gasteiger partial charge is 0.302 e. The van der Waals surface area contributed by atoms with Crippen molar-refractivity contribution in [1.29, 1.82) is 0 Å². The smallest absolute Gasteiger partial charge is 0.155 e. The summed E-state index contributed by atoms with van der Waals surface area (Å²) in [7, 11) is 0. The highest BCUT2D eigenvalue weighted by atomic mass is 35.5. The van der Waals surface area contributed by atoms with Gasteiger partial charge < -0.3 is 5.32 Å². The van der Waals surface area contributed by atoms with Gasteiger partial charge in [0.25, 0.3) is 0 Å². The molecule has 1 rings (SSSR count). The average Bonchev–Trinajstić information content (AvgIpc) is 2.29. The minimum atomic E-state index is -0.390. The lowest BCUT2D eigenvalue weighted by Crippen LogP contribution is -2.51. The standard InChI is InChI=1S/C17H25Cl2NO/c1-16(2,3)15(21)14(20-17(4,5)6)10-11-7-8-12(18)13(19)9-11/h7-9,14,20H,10H2,1-6H3/t14-/m0/s1. The number of rotatable bonds is 4. The zero-order valence-electron chi connectivity index (χ0n) is 13.7. The molecule has 1 aromatic rings. The van der Waals surface area contributed by atoms with Gasteiger partial charge in [-0.15, -0.1) is 0 Å². The normalized spacial score (nSPS) is 14.1. The van der Waals surface area contributed by atoms with Crippen molar-refractivity contribution in [1.82, 2.24) is 5.32 Å². The maximum absolute atomic E-state index is 12.7. The zero-order valence-corrected chi connectivity index (χ0v) is 15.2. The van der Waals surface area contributed by atoms with E-state index in [9.17, 15) is 4.79 Å². The minimum Gasteiger partial charge on any atom is -0.302 e. The summed E-state index contributed by atoms with van der Waals surface area (Å²) in [6.07, 6.45) is 0.601. The Bertz CT molecular complexity index is 513. The van der Waals surface area contributed by atoms with Gasteiger partial charge in [0.05, 0.1) is 16.1 Å². The second-order valence-corrected chi connectivity index (χ2v) is 8.33. The number of hydrogen-bond acceptors (Lipinski definition) is 2. The first-order valence-corrected chi connectivity index (χ1v) is 7.92. The van der Waals surface area contributed by atoms with Crippen LogP contribution in [0.1, 0.15) is 47.1 Å².